The molecule has 1 N–H and O–H groups in total. The molecule has 0 radical (unpaired) electrons. The molecule has 1 fully saturated rings. The second-order valence-corrected chi connectivity index (χ2v) is 8.58. The molecular weight excluding hydrogens is 348 g/mol. The fourth-order valence-electron chi connectivity index (χ4n) is 3.14. The maximum atomic E-state index is 12.6. The van der Waals surface area contributed by atoms with E-state index in [2.05, 4.69) is 5.32 Å². The number of rotatable bonds is 5. The maximum absolute atomic E-state index is 12.6. The van der Waals surface area contributed by atoms with Gasteiger partial charge in [-0.25, -0.2) is 12.7 Å². The van der Waals surface area contributed by atoms with Gasteiger partial charge in [0.2, 0.25) is 15.9 Å². The minimum absolute atomic E-state index is 0.0465. The number of halogens is 1. The lowest BCUT2D eigenvalue weighted by molar-refractivity contribution is -0.120. The minimum atomic E-state index is -3.18. The van der Waals surface area contributed by atoms with Crippen molar-refractivity contribution in [1.82, 2.24) is 4.31 Å². The molecule has 1 heterocycles. The van der Waals surface area contributed by atoms with E-state index in [-0.39, 0.29) is 11.8 Å². The van der Waals surface area contributed by atoms with Crippen LogP contribution >= 0.6 is 11.6 Å². The van der Waals surface area contributed by atoms with Gasteiger partial charge in [-0.1, -0.05) is 31.5 Å². The van der Waals surface area contributed by atoms with Crippen molar-refractivity contribution in [2.45, 2.75) is 39.5 Å². The van der Waals surface area contributed by atoms with Crippen molar-refractivity contribution in [2.24, 2.45) is 5.92 Å². The van der Waals surface area contributed by atoms with E-state index in [1.165, 1.54) is 10.6 Å². The van der Waals surface area contributed by atoms with Crippen molar-refractivity contribution >= 4 is 33.2 Å². The third-order valence-electron chi connectivity index (χ3n) is 4.62. The third-order valence-corrected chi connectivity index (χ3v) is 6.28. The molecule has 134 valence electrons. The maximum Gasteiger partial charge on any atom is 0.227 e. The van der Waals surface area contributed by atoms with Crippen LogP contribution in [-0.4, -0.2) is 38.0 Å². The van der Waals surface area contributed by atoms with Crippen molar-refractivity contribution in [3.8, 4) is 0 Å². The van der Waals surface area contributed by atoms with Crippen molar-refractivity contribution in [2.75, 3.05) is 24.7 Å². The molecule has 0 bridgehead atoms. The molecule has 1 aromatic carbocycles. The summed E-state index contributed by atoms with van der Waals surface area (Å²) >= 11 is 6.27. The highest BCUT2D eigenvalue weighted by Crippen LogP contribution is 2.31. The molecule has 7 heteroatoms. The molecule has 1 aliphatic heterocycles. The van der Waals surface area contributed by atoms with E-state index in [9.17, 15) is 13.2 Å². The highest BCUT2D eigenvalue weighted by molar-refractivity contribution is 7.88. The van der Waals surface area contributed by atoms with E-state index in [0.29, 0.717) is 31.0 Å². The van der Waals surface area contributed by atoms with E-state index >= 15 is 0 Å². The topological polar surface area (TPSA) is 66.5 Å². The fourth-order valence-corrected chi connectivity index (χ4v) is 4.31. The second-order valence-electron chi connectivity index (χ2n) is 6.19. The molecule has 1 aromatic rings. The normalized spacial score (nSPS) is 17.0. The molecule has 0 unspecified atom stereocenters. The first-order valence-electron chi connectivity index (χ1n) is 8.34. The van der Waals surface area contributed by atoms with Gasteiger partial charge in [0.25, 0.3) is 0 Å². The molecule has 0 saturated carbocycles. The Morgan fingerprint density at radius 1 is 1.25 bits per heavy atom. The quantitative estimate of drug-likeness (QED) is 0.863. The Balaban J connectivity index is 2.12. The van der Waals surface area contributed by atoms with E-state index in [4.69, 9.17) is 11.6 Å². The first kappa shape index (κ1) is 19.2. The van der Waals surface area contributed by atoms with Crippen LogP contribution in [0.5, 0.6) is 0 Å². The zero-order chi connectivity index (χ0) is 17.9. The first-order chi connectivity index (χ1) is 11.3. The molecule has 5 nitrogen and oxygen atoms in total. The summed E-state index contributed by atoms with van der Waals surface area (Å²) in [5.74, 6) is -0.216. The molecule has 1 amide bonds. The molecule has 0 spiro atoms. The van der Waals surface area contributed by atoms with E-state index in [0.717, 1.165) is 29.7 Å². The standard InChI is InChI=1S/C17H25ClN2O3S/c1-4-12-6-7-15(18)14(5-2)16(12)19-17(21)13-8-10-20(11-9-13)24(3,22)23/h6-7,13H,4-5,8-11H2,1-3H3,(H,19,21). The number of sulfonamides is 1. The minimum Gasteiger partial charge on any atom is -0.325 e. The van der Waals surface area contributed by atoms with Crippen LogP contribution in [-0.2, 0) is 27.7 Å². The van der Waals surface area contributed by atoms with Gasteiger partial charge in [0.1, 0.15) is 0 Å². The Bertz CT molecular complexity index is 711. The number of carbonyl (C=O) groups is 1. The molecule has 1 saturated heterocycles. The van der Waals surface area contributed by atoms with Crippen molar-refractivity contribution in [3.05, 3.63) is 28.3 Å². The van der Waals surface area contributed by atoms with Gasteiger partial charge in [-0.2, -0.15) is 0 Å². The number of nitrogens with zero attached hydrogens (tertiary/aromatic N) is 1. The molecule has 1 aliphatic rings. The summed E-state index contributed by atoms with van der Waals surface area (Å²) in [5.41, 5.74) is 2.85. The average Bonchev–Trinajstić information content (AvgIpc) is 2.54. The second kappa shape index (κ2) is 7.85. The number of benzene rings is 1. The van der Waals surface area contributed by atoms with Crippen molar-refractivity contribution < 1.29 is 13.2 Å². The first-order valence-corrected chi connectivity index (χ1v) is 10.6. The van der Waals surface area contributed by atoms with Gasteiger partial charge in [0.15, 0.2) is 0 Å². The summed E-state index contributed by atoms with van der Waals surface area (Å²) in [6.07, 6.45) is 3.85. The highest BCUT2D eigenvalue weighted by Gasteiger charge is 2.29. The monoisotopic (exact) mass is 372 g/mol. The summed E-state index contributed by atoms with van der Waals surface area (Å²) in [6.45, 7) is 4.85. The van der Waals surface area contributed by atoms with E-state index in [1.807, 2.05) is 26.0 Å². The number of carbonyl (C=O) groups excluding carboxylic acids is 1. The summed E-state index contributed by atoms with van der Waals surface area (Å²) in [7, 11) is -3.18. The van der Waals surface area contributed by atoms with Crippen LogP contribution in [0.3, 0.4) is 0 Å². The van der Waals surface area contributed by atoms with Gasteiger partial charge in [0, 0.05) is 29.7 Å². The molecule has 0 aromatic heterocycles. The van der Waals surface area contributed by atoms with Gasteiger partial charge >= 0.3 is 0 Å². The average molecular weight is 373 g/mol. The van der Waals surface area contributed by atoms with Crippen LogP contribution in [0.1, 0.15) is 37.8 Å². The highest BCUT2D eigenvalue weighted by atomic mass is 35.5. The number of aryl methyl sites for hydroxylation is 1. The Morgan fingerprint density at radius 2 is 1.88 bits per heavy atom. The zero-order valence-electron chi connectivity index (χ0n) is 14.4. The van der Waals surface area contributed by atoms with Crippen LogP contribution in [0.15, 0.2) is 12.1 Å². The van der Waals surface area contributed by atoms with Gasteiger partial charge < -0.3 is 5.32 Å². The smallest absolute Gasteiger partial charge is 0.227 e. The number of piperidine rings is 1. The number of amides is 1. The summed E-state index contributed by atoms with van der Waals surface area (Å²) < 4.78 is 24.6. The van der Waals surface area contributed by atoms with Gasteiger partial charge in [-0.15, -0.1) is 0 Å². The van der Waals surface area contributed by atoms with Crippen LogP contribution in [0.4, 0.5) is 5.69 Å². The molecular formula is C17H25ClN2O3S. The van der Waals surface area contributed by atoms with Crippen LogP contribution in [0.2, 0.25) is 5.02 Å². The lowest BCUT2D eigenvalue weighted by atomic mass is 9.96. The predicted molar refractivity (Wildman–Crippen MR) is 98.0 cm³/mol. The van der Waals surface area contributed by atoms with Crippen molar-refractivity contribution in [1.29, 1.82) is 0 Å². The van der Waals surface area contributed by atoms with Gasteiger partial charge in [-0.3, -0.25) is 4.79 Å². The van der Waals surface area contributed by atoms with E-state index in [1.54, 1.807) is 0 Å². The van der Waals surface area contributed by atoms with Crippen molar-refractivity contribution in [3.63, 3.8) is 0 Å². The molecule has 2 rings (SSSR count). The number of hydrogen-bond donors (Lipinski definition) is 1. The lowest BCUT2D eigenvalue weighted by Gasteiger charge is -2.30. The molecule has 24 heavy (non-hydrogen) atoms. The summed E-state index contributed by atoms with van der Waals surface area (Å²) in [4.78, 5) is 12.6. The third kappa shape index (κ3) is 4.29. The van der Waals surface area contributed by atoms with Crippen LogP contribution in [0, 0.1) is 5.92 Å². The van der Waals surface area contributed by atoms with E-state index < -0.39 is 10.0 Å². The van der Waals surface area contributed by atoms with Crippen LogP contribution in [0.25, 0.3) is 0 Å². The fraction of sp³-hybridized carbons (Fsp3) is 0.588. The Morgan fingerprint density at radius 3 is 2.38 bits per heavy atom. The predicted octanol–water partition coefficient (Wildman–Crippen LogP) is 3.07. The summed E-state index contributed by atoms with van der Waals surface area (Å²) in [6, 6.07) is 3.82. The number of anilines is 1. The SMILES string of the molecule is CCc1ccc(Cl)c(CC)c1NC(=O)C1CCN(S(C)(=O)=O)CC1. The Hall–Kier alpha value is -1.11. The Labute approximate surface area is 149 Å². The van der Waals surface area contributed by atoms with Crippen LogP contribution < -0.4 is 5.32 Å². The Kier molecular flexibility index (Phi) is 6.28. The molecule has 0 aliphatic carbocycles. The largest absolute Gasteiger partial charge is 0.325 e. The zero-order valence-corrected chi connectivity index (χ0v) is 16.0. The van der Waals surface area contributed by atoms with Gasteiger partial charge in [0.05, 0.1) is 6.26 Å². The lowest BCUT2D eigenvalue weighted by Crippen LogP contribution is -2.41. The molecule has 0 atom stereocenters. The number of nitrogens with one attached hydrogen (secondary N) is 1. The van der Waals surface area contributed by atoms with Gasteiger partial charge in [-0.05, 0) is 42.9 Å². The summed E-state index contributed by atoms with van der Waals surface area (Å²) in [5, 5.41) is 3.72. The number of hydrogen-bond acceptors (Lipinski definition) is 3.